The van der Waals surface area contributed by atoms with Crippen LogP contribution in [0.25, 0.3) is 0 Å². The number of halogens is 1. The summed E-state index contributed by atoms with van der Waals surface area (Å²) in [6.45, 7) is 11.2. The van der Waals surface area contributed by atoms with Gasteiger partial charge in [-0.3, -0.25) is 4.79 Å². The molecule has 0 aliphatic rings. The van der Waals surface area contributed by atoms with Gasteiger partial charge in [-0.25, -0.2) is 0 Å². The molecule has 5 heteroatoms. The van der Waals surface area contributed by atoms with Crippen molar-refractivity contribution in [3.63, 3.8) is 0 Å². The fraction of sp³-hybridized carbons (Fsp3) is 0.588. The summed E-state index contributed by atoms with van der Waals surface area (Å²) < 4.78 is 5.78. The lowest BCUT2D eigenvalue weighted by Crippen LogP contribution is -2.48. The number of rotatable bonds is 6. The van der Waals surface area contributed by atoms with Gasteiger partial charge in [0.25, 0.3) is 0 Å². The van der Waals surface area contributed by atoms with Gasteiger partial charge in [0.1, 0.15) is 5.75 Å². The molecule has 0 radical (unpaired) electrons. The van der Waals surface area contributed by atoms with E-state index in [4.69, 9.17) is 10.5 Å². The lowest BCUT2D eigenvalue weighted by Gasteiger charge is -2.26. The zero-order valence-electron chi connectivity index (χ0n) is 14.2. The van der Waals surface area contributed by atoms with Crippen LogP contribution in [-0.4, -0.2) is 18.6 Å². The van der Waals surface area contributed by atoms with Crippen LogP contribution in [-0.2, 0) is 11.3 Å². The number of carbonyl (C=O) groups is 1. The summed E-state index contributed by atoms with van der Waals surface area (Å²) >= 11 is 0. The van der Waals surface area contributed by atoms with Gasteiger partial charge >= 0.3 is 0 Å². The number of nitrogens with two attached hydrogens (primary N) is 1. The second-order valence-electron chi connectivity index (χ2n) is 6.87. The van der Waals surface area contributed by atoms with Crippen molar-refractivity contribution in [2.75, 3.05) is 6.61 Å². The van der Waals surface area contributed by atoms with Gasteiger partial charge in [0, 0.05) is 12.1 Å². The molecule has 0 aliphatic heterocycles. The van der Waals surface area contributed by atoms with E-state index in [-0.39, 0.29) is 23.7 Å². The van der Waals surface area contributed by atoms with E-state index in [1.54, 1.807) is 0 Å². The number of para-hydroxylation sites is 1. The van der Waals surface area contributed by atoms with E-state index < -0.39 is 6.04 Å². The molecule has 1 rings (SSSR count). The van der Waals surface area contributed by atoms with Crippen LogP contribution in [0.15, 0.2) is 24.3 Å². The van der Waals surface area contributed by atoms with Gasteiger partial charge in [-0.2, -0.15) is 0 Å². The van der Waals surface area contributed by atoms with Crippen LogP contribution in [0, 0.1) is 11.3 Å². The molecule has 1 aromatic rings. The Labute approximate surface area is 140 Å². The van der Waals surface area contributed by atoms with Crippen molar-refractivity contribution < 1.29 is 9.53 Å². The number of hydrogen-bond donors (Lipinski definition) is 2. The molecule has 0 aromatic heterocycles. The molecule has 0 spiro atoms. The largest absolute Gasteiger partial charge is 0.493 e. The van der Waals surface area contributed by atoms with Crippen LogP contribution in [0.5, 0.6) is 5.75 Å². The maximum atomic E-state index is 12.1. The summed E-state index contributed by atoms with van der Waals surface area (Å²) in [7, 11) is 0. The van der Waals surface area contributed by atoms with Crippen molar-refractivity contribution in [3.05, 3.63) is 29.8 Å². The van der Waals surface area contributed by atoms with E-state index in [2.05, 4.69) is 19.2 Å². The third-order valence-electron chi connectivity index (χ3n) is 3.21. The van der Waals surface area contributed by atoms with Crippen LogP contribution >= 0.6 is 12.4 Å². The molecular weight excluding hydrogens is 300 g/mol. The van der Waals surface area contributed by atoms with E-state index in [1.165, 1.54) is 0 Å². The SMILES string of the molecule is CC(C)COc1ccccc1CNC(=O)[C@@H](N)C(C)(C)C.Cl. The quantitative estimate of drug-likeness (QED) is 0.843. The molecule has 0 saturated carbocycles. The van der Waals surface area contributed by atoms with Gasteiger partial charge in [0.05, 0.1) is 12.6 Å². The minimum Gasteiger partial charge on any atom is -0.493 e. The Balaban J connectivity index is 0.00000441. The van der Waals surface area contributed by atoms with E-state index >= 15 is 0 Å². The third-order valence-corrected chi connectivity index (χ3v) is 3.21. The number of benzene rings is 1. The normalized spacial score (nSPS) is 12.5. The number of carbonyl (C=O) groups excluding carboxylic acids is 1. The zero-order chi connectivity index (χ0) is 16.0. The molecule has 1 amide bonds. The van der Waals surface area contributed by atoms with Gasteiger partial charge in [0.15, 0.2) is 0 Å². The Morgan fingerprint density at radius 2 is 1.86 bits per heavy atom. The fourth-order valence-electron chi connectivity index (χ4n) is 1.73. The van der Waals surface area contributed by atoms with Crippen molar-refractivity contribution in [1.82, 2.24) is 5.32 Å². The van der Waals surface area contributed by atoms with Crippen LogP contribution in [0.4, 0.5) is 0 Å². The maximum absolute atomic E-state index is 12.1. The van der Waals surface area contributed by atoms with Crippen molar-refractivity contribution in [2.24, 2.45) is 17.1 Å². The van der Waals surface area contributed by atoms with E-state index in [0.717, 1.165) is 11.3 Å². The molecule has 0 unspecified atom stereocenters. The highest BCUT2D eigenvalue weighted by Crippen LogP contribution is 2.20. The van der Waals surface area contributed by atoms with Crippen molar-refractivity contribution in [1.29, 1.82) is 0 Å². The predicted molar refractivity (Wildman–Crippen MR) is 93.3 cm³/mol. The van der Waals surface area contributed by atoms with Gasteiger partial charge in [0.2, 0.25) is 5.91 Å². The van der Waals surface area contributed by atoms with Crippen molar-refractivity contribution >= 4 is 18.3 Å². The molecular formula is C17H29ClN2O2. The Morgan fingerprint density at radius 3 is 2.41 bits per heavy atom. The Morgan fingerprint density at radius 1 is 1.27 bits per heavy atom. The smallest absolute Gasteiger partial charge is 0.237 e. The van der Waals surface area contributed by atoms with E-state index in [9.17, 15) is 4.79 Å². The minimum absolute atomic E-state index is 0. The van der Waals surface area contributed by atoms with Gasteiger partial charge < -0.3 is 15.8 Å². The van der Waals surface area contributed by atoms with Gasteiger partial charge in [-0.1, -0.05) is 52.8 Å². The molecule has 126 valence electrons. The van der Waals surface area contributed by atoms with E-state index in [0.29, 0.717) is 19.1 Å². The first kappa shape index (κ1) is 20.7. The zero-order valence-corrected chi connectivity index (χ0v) is 15.0. The minimum atomic E-state index is -0.527. The summed E-state index contributed by atoms with van der Waals surface area (Å²) in [6, 6.07) is 7.22. The molecule has 1 atom stereocenters. The predicted octanol–water partition coefficient (Wildman–Crippen LogP) is 3.13. The Kier molecular flexibility index (Phi) is 8.49. The second kappa shape index (κ2) is 9.01. The first-order valence-electron chi connectivity index (χ1n) is 7.46. The Bertz CT molecular complexity index is 470. The monoisotopic (exact) mass is 328 g/mol. The molecule has 0 aliphatic carbocycles. The lowest BCUT2D eigenvalue weighted by atomic mass is 9.87. The van der Waals surface area contributed by atoms with E-state index in [1.807, 2.05) is 45.0 Å². The van der Waals surface area contributed by atoms with Crippen molar-refractivity contribution in [2.45, 2.75) is 47.2 Å². The first-order chi connectivity index (χ1) is 9.71. The van der Waals surface area contributed by atoms with Crippen LogP contribution in [0.1, 0.15) is 40.2 Å². The molecule has 0 heterocycles. The standard InChI is InChI=1S/C17H28N2O2.ClH/c1-12(2)11-21-14-9-7-6-8-13(14)10-19-16(20)15(18)17(3,4)5;/h6-9,12,15H,10-11,18H2,1-5H3,(H,19,20);1H/t15-;/m1./s1. The van der Waals surface area contributed by atoms with Gasteiger partial charge in [-0.05, 0) is 17.4 Å². The highest BCUT2D eigenvalue weighted by molar-refractivity contribution is 5.85. The summed E-state index contributed by atoms with van der Waals surface area (Å²) in [5, 5.41) is 2.89. The summed E-state index contributed by atoms with van der Waals surface area (Å²) in [5.41, 5.74) is 6.66. The highest BCUT2D eigenvalue weighted by atomic mass is 35.5. The van der Waals surface area contributed by atoms with Crippen LogP contribution in [0.3, 0.4) is 0 Å². The third kappa shape index (κ3) is 6.67. The molecule has 0 bridgehead atoms. The molecule has 22 heavy (non-hydrogen) atoms. The van der Waals surface area contributed by atoms with Crippen LogP contribution < -0.4 is 15.8 Å². The first-order valence-corrected chi connectivity index (χ1v) is 7.46. The number of ether oxygens (including phenoxy) is 1. The fourth-order valence-corrected chi connectivity index (χ4v) is 1.73. The second-order valence-corrected chi connectivity index (χ2v) is 6.87. The number of hydrogen-bond acceptors (Lipinski definition) is 3. The molecule has 0 saturated heterocycles. The highest BCUT2D eigenvalue weighted by Gasteiger charge is 2.27. The summed E-state index contributed by atoms with van der Waals surface area (Å²) in [5.74, 6) is 1.14. The summed E-state index contributed by atoms with van der Waals surface area (Å²) in [6.07, 6.45) is 0. The van der Waals surface area contributed by atoms with Crippen molar-refractivity contribution in [3.8, 4) is 5.75 Å². The summed E-state index contributed by atoms with van der Waals surface area (Å²) in [4.78, 5) is 12.1. The van der Waals surface area contributed by atoms with Crippen LogP contribution in [0.2, 0.25) is 0 Å². The molecule has 1 aromatic carbocycles. The molecule has 3 N–H and O–H groups in total. The topological polar surface area (TPSA) is 64.3 Å². The average molecular weight is 329 g/mol. The molecule has 0 fully saturated rings. The molecule has 4 nitrogen and oxygen atoms in total. The average Bonchev–Trinajstić information content (AvgIpc) is 2.41. The number of nitrogens with one attached hydrogen (secondary N) is 1. The number of amides is 1. The van der Waals surface area contributed by atoms with Gasteiger partial charge in [-0.15, -0.1) is 12.4 Å². The Hall–Kier alpha value is -1.26. The maximum Gasteiger partial charge on any atom is 0.237 e. The lowest BCUT2D eigenvalue weighted by molar-refractivity contribution is -0.124.